The molecule has 2 heterocycles. The minimum atomic E-state index is -0.0465. The van der Waals surface area contributed by atoms with E-state index in [9.17, 15) is 4.79 Å². The zero-order valence-corrected chi connectivity index (χ0v) is 14.7. The maximum Gasteiger partial charge on any atom is 0.255 e. The summed E-state index contributed by atoms with van der Waals surface area (Å²) in [6.07, 6.45) is 0.331. The number of hydrogen-bond acceptors (Lipinski definition) is 4. The minimum absolute atomic E-state index is 0.0465. The summed E-state index contributed by atoms with van der Waals surface area (Å²) in [7, 11) is 0. The van der Waals surface area contributed by atoms with Crippen molar-refractivity contribution < 1.29 is 4.79 Å². The molecule has 0 saturated heterocycles. The van der Waals surface area contributed by atoms with Crippen molar-refractivity contribution in [3.05, 3.63) is 71.3 Å². The van der Waals surface area contributed by atoms with Crippen molar-refractivity contribution in [3.63, 3.8) is 0 Å². The fourth-order valence-electron chi connectivity index (χ4n) is 3.19. The summed E-state index contributed by atoms with van der Waals surface area (Å²) < 4.78 is 1.86. The average molecular weight is 345 g/mol. The molecule has 0 saturated carbocycles. The molecule has 26 heavy (non-hydrogen) atoms. The Bertz CT molecular complexity index is 1120. The van der Waals surface area contributed by atoms with Crippen molar-refractivity contribution >= 4 is 22.5 Å². The second kappa shape index (κ2) is 6.55. The van der Waals surface area contributed by atoms with Gasteiger partial charge < -0.3 is 5.32 Å². The Morgan fingerprint density at radius 3 is 2.69 bits per heavy atom. The number of amides is 1. The maximum atomic E-state index is 12.3. The summed E-state index contributed by atoms with van der Waals surface area (Å²) in [5.74, 6) is 1.19. The molecule has 6 nitrogen and oxygen atoms in total. The summed E-state index contributed by atoms with van der Waals surface area (Å²) in [5, 5.41) is 13.5. The number of hydrogen-bond donors (Lipinski definition) is 1. The first-order valence-electron chi connectivity index (χ1n) is 8.53. The summed E-state index contributed by atoms with van der Waals surface area (Å²) >= 11 is 0. The Morgan fingerprint density at radius 1 is 1.04 bits per heavy atom. The topological polar surface area (TPSA) is 72.2 Å². The maximum absolute atomic E-state index is 12.3. The van der Waals surface area contributed by atoms with E-state index in [4.69, 9.17) is 0 Å². The molecular weight excluding hydrogens is 326 g/mol. The average Bonchev–Trinajstić information content (AvgIpc) is 3.03. The molecule has 130 valence electrons. The molecule has 2 aromatic heterocycles. The van der Waals surface area contributed by atoms with E-state index in [0.717, 1.165) is 22.3 Å². The van der Waals surface area contributed by atoms with Gasteiger partial charge in [-0.05, 0) is 36.2 Å². The molecule has 0 atom stereocenters. The van der Waals surface area contributed by atoms with Crippen LogP contribution >= 0.6 is 0 Å². The van der Waals surface area contributed by atoms with E-state index in [1.165, 1.54) is 5.39 Å². The number of fused-ring (bicyclic) bond motifs is 2. The Labute approximate surface area is 150 Å². The number of benzene rings is 2. The van der Waals surface area contributed by atoms with Crippen LogP contribution in [-0.4, -0.2) is 25.5 Å². The summed E-state index contributed by atoms with van der Waals surface area (Å²) in [6.45, 7) is 4.22. The first-order valence-corrected chi connectivity index (χ1v) is 8.53. The Morgan fingerprint density at radius 2 is 1.85 bits per heavy atom. The van der Waals surface area contributed by atoms with E-state index >= 15 is 0 Å². The van der Waals surface area contributed by atoms with Crippen molar-refractivity contribution in [3.8, 4) is 0 Å². The number of rotatable bonds is 4. The summed E-state index contributed by atoms with van der Waals surface area (Å²) in [6, 6.07) is 16.2. The van der Waals surface area contributed by atoms with Crippen molar-refractivity contribution in [1.29, 1.82) is 0 Å². The zero-order chi connectivity index (χ0) is 18.1. The molecule has 0 fully saturated rings. The fourth-order valence-corrected chi connectivity index (χ4v) is 3.19. The molecule has 0 bridgehead atoms. The van der Waals surface area contributed by atoms with E-state index < -0.39 is 0 Å². The zero-order valence-electron chi connectivity index (χ0n) is 14.7. The molecule has 0 aliphatic rings. The van der Waals surface area contributed by atoms with Crippen LogP contribution < -0.4 is 5.32 Å². The van der Waals surface area contributed by atoms with Crippen LogP contribution in [0.25, 0.3) is 16.6 Å². The van der Waals surface area contributed by atoms with Crippen LogP contribution in [0, 0.1) is 13.8 Å². The standard InChI is InChI=1S/C20H19N5O/c1-13-9-14(2)25-18(23-24-20(25)22-13)12-21-19(26)11-15-7-8-16-5-3-4-6-17(16)10-15/h3-10H,11-12H2,1-2H3,(H,21,26). The largest absolute Gasteiger partial charge is 0.348 e. The van der Waals surface area contributed by atoms with E-state index in [2.05, 4.69) is 38.7 Å². The summed E-state index contributed by atoms with van der Waals surface area (Å²) in [4.78, 5) is 16.7. The van der Waals surface area contributed by atoms with E-state index in [1.54, 1.807) is 0 Å². The van der Waals surface area contributed by atoms with Crippen LogP contribution in [-0.2, 0) is 17.8 Å². The predicted octanol–water partition coefficient (Wildman–Crippen LogP) is 2.75. The third-order valence-electron chi connectivity index (χ3n) is 4.38. The molecule has 0 unspecified atom stereocenters. The van der Waals surface area contributed by atoms with Crippen molar-refractivity contribution in [2.24, 2.45) is 0 Å². The molecule has 6 heteroatoms. The van der Waals surface area contributed by atoms with Gasteiger partial charge >= 0.3 is 0 Å². The van der Waals surface area contributed by atoms with Gasteiger partial charge in [-0.3, -0.25) is 9.20 Å². The Kier molecular flexibility index (Phi) is 4.08. The van der Waals surface area contributed by atoms with Gasteiger partial charge in [0.2, 0.25) is 5.91 Å². The number of nitrogens with zero attached hydrogens (tertiary/aromatic N) is 4. The molecule has 4 aromatic rings. The van der Waals surface area contributed by atoms with Gasteiger partial charge in [0.15, 0.2) is 5.82 Å². The molecule has 2 aromatic carbocycles. The van der Waals surface area contributed by atoms with Gasteiger partial charge in [0.05, 0.1) is 13.0 Å². The highest BCUT2D eigenvalue weighted by atomic mass is 16.1. The lowest BCUT2D eigenvalue weighted by molar-refractivity contribution is -0.120. The van der Waals surface area contributed by atoms with Gasteiger partial charge in [-0.1, -0.05) is 42.5 Å². The van der Waals surface area contributed by atoms with Crippen LogP contribution in [0.3, 0.4) is 0 Å². The van der Waals surface area contributed by atoms with Gasteiger partial charge in [-0.15, -0.1) is 10.2 Å². The molecular formula is C20H19N5O. The molecule has 0 aliphatic carbocycles. The van der Waals surface area contributed by atoms with Gasteiger partial charge in [0, 0.05) is 11.4 Å². The Balaban J connectivity index is 1.47. The van der Waals surface area contributed by atoms with Crippen LogP contribution in [0.15, 0.2) is 48.5 Å². The number of nitrogens with one attached hydrogen (secondary N) is 1. The van der Waals surface area contributed by atoms with Crippen LogP contribution in [0.2, 0.25) is 0 Å². The first kappa shape index (κ1) is 16.2. The fraction of sp³-hybridized carbons (Fsp3) is 0.200. The van der Waals surface area contributed by atoms with E-state index in [1.807, 2.05) is 48.6 Å². The Hall–Kier alpha value is -3.28. The van der Waals surface area contributed by atoms with Crippen molar-refractivity contribution in [1.82, 2.24) is 24.9 Å². The summed E-state index contributed by atoms with van der Waals surface area (Å²) in [5.41, 5.74) is 2.88. The van der Waals surface area contributed by atoms with Crippen molar-refractivity contribution in [2.75, 3.05) is 0 Å². The van der Waals surface area contributed by atoms with Crippen LogP contribution in [0.4, 0.5) is 0 Å². The van der Waals surface area contributed by atoms with Gasteiger partial charge in [-0.2, -0.15) is 0 Å². The molecule has 1 N–H and O–H groups in total. The first-order chi connectivity index (χ1) is 12.6. The minimum Gasteiger partial charge on any atom is -0.348 e. The lowest BCUT2D eigenvalue weighted by atomic mass is 10.1. The highest BCUT2D eigenvalue weighted by Gasteiger charge is 2.11. The van der Waals surface area contributed by atoms with Crippen molar-refractivity contribution in [2.45, 2.75) is 26.8 Å². The smallest absolute Gasteiger partial charge is 0.255 e. The van der Waals surface area contributed by atoms with Gasteiger partial charge in [0.1, 0.15) is 0 Å². The number of aromatic nitrogens is 4. The van der Waals surface area contributed by atoms with E-state index in [-0.39, 0.29) is 5.91 Å². The normalized spacial score (nSPS) is 11.2. The number of carbonyl (C=O) groups excluding carboxylic acids is 1. The second-order valence-corrected chi connectivity index (χ2v) is 6.43. The highest BCUT2D eigenvalue weighted by molar-refractivity contribution is 5.85. The highest BCUT2D eigenvalue weighted by Crippen LogP contribution is 2.16. The lowest BCUT2D eigenvalue weighted by Crippen LogP contribution is -2.25. The van der Waals surface area contributed by atoms with Crippen LogP contribution in [0.5, 0.6) is 0 Å². The monoisotopic (exact) mass is 345 g/mol. The van der Waals surface area contributed by atoms with Gasteiger partial charge in [0.25, 0.3) is 5.78 Å². The molecule has 1 amide bonds. The molecule has 0 aliphatic heterocycles. The number of carbonyl (C=O) groups is 1. The van der Waals surface area contributed by atoms with Gasteiger partial charge in [-0.25, -0.2) is 4.98 Å². The lowest BCUT2D eigenvalue weighted by Gasteiger charge is -2.07. The third-order valence-corrected chi connectivity index (χ3v) is 4.38. The van der Waals surface area contributed by atoms with Crippen LogP contribution in [0.1, 0.15) is 22.8 Å². The predicted molar refractivity (Wildman–Crippen MR) is 99.8 cm³/mol. The molecule has 0 radical (unpaired) electrons. The molecule has 0 spiro atoms. The third kappa shape index (κ3) is 3.13. The quantitative estimate of drug-likeness (QED) is 0.617. The van der Waals surface area contributed by atoms with E-state index in [0.29, 0.717) is 24.6 Å². The molecule has 4 rings (SSSR count). The second-order valence-electron chi connectivity index (χ2n) is 6.43. The SMILES string of the molecule is Cc1cc(C)n2c(CNC(=O)Cc3ccc4ccccc4c3)nnc2n1. The number of aryl methyl sites for hydroxylation is 2.